The first kappa shape index (κ1) is 14.8. The van der Waals surface area contributed by atoms with Crippen molar-refractivity contribution in [1.82, 2.24) is 0 Å². The summed E-state index contributed by atoms with van der Waals surface area (Å²) in [5, 5.41) is 0. The summed E-state index contributed by atoms with van der Waals surface area (Å²) in [5.41, 5.74) is 6.69. The Morgan fingerprint density at radius 2 is 1.89 bits per heavy atom. The first-order valence-electron chi connectivity index (χ1n) is 6.40. The molecule has 0 aliphatic carbocycles. The minimum atomic E-state index is 0.453. The van der Waals surface area contributed by atoms with E-state index >= 15 is 0 Å². The molecule has 0 amide bonds. The van der Waals surface area contributed by atoms with Crippen molar-refractivity contribution < 1.29 is 14.2 Å². The van der Waals surface area contributed by atoms with E-state index in [9.17, 15) is 0 Å². The third-order valence-electron chi connectivity index (χ3n) is 2.57. The van der Waals surface area contributed by atoms with E-state index in [1.165, 1.54) is 0 Å². The normalized spacial score (nSPS) is 10.4. The zero-order chi connectivity index (χ0) is 13.2. The summed E-state index contributed by atoms with van der Waals surface area (Å²) in [6.07, 6.45) is 1.95. The molecule has 0 unspecified atom stereocenters. The highest BCUT2D eigenvalue weighted by Gasteiger charge is 2.09. The zero-order valence-electron chi connectivity index (χ0n) is 11.3. The van der Waals surface area contributed by atoms with Gasteiger partial charge in [-0.05, 0) is 25.8 Å². The fourth-order valence-electron chi connectivity index (χ4n) is 1.68. The zero-order valence-corrected chi connectivity index (χ0v) is 11.3. The van der Waals surface area contributed by atoms with E-state index < -0.39 is 0 Å². The van der Waals surface area contributed by atoms with Crippen molar-refractivity contribution in [3.63, 3.8) is 0 Å². The molecule has 102 valence electrons. The lowest BCUT2D eigenvalue weighted by atomic mass is 10.2. The molecule has 0 bridgehead atoms. The number of benzene rings is 1. The number of methoxy groups -OCH3 is 1. The van der Waals surface area contributed by atoms with Crippen LogP contribution in [0.1, 0.15) is 25.3 Å². The Labute approximate surface area is 109 Å². The smallest absolute Gasteiger partial charge is 0.165 e. The van der Waals surface area contributed by atoms with Crippen molar-refractivity contribution in [2.75, 3.05) is 26.9 Å². The molecule has 0 aromatic heterocycles. The van der Waals surface area contributed by atoms with E-state index in [0.29, 0.717) is 19.8 Å². The van der Waals surface area contributed by atoms with Gasteiger partial charge in [-0.25, -0.2) is 0 Å². The van der Waals surface area contributed by atoms with Crippen LogP contribution in [0.25, 0.3) is 0 Å². The quantitative estimate of drug-likeness (QED) is 0.686. The van der Waals surface area contributed by atoms with Gasteiger partial charge in [-0.3, -0.25) is 0 Å². The monoisotopic (exact) mass is 253 g/mol. The molecule has 0 heterocycles. The molecule has 4 heteroatoms. The third-order valence-corrected chi connectivity index (χ3v) is 2.57. The molecule has 0 atom stereocenters. The van der Waals surface area contributed by atoms with Crippen molar-refractivity contribution in [3.05, 3.63) is 23.8 Å². The average Bonchev–Trinajstić information content (AvgIpc) is 2.40. The van der Waals surface area contributed by atoms with Crippen LogP contribution >= 0.6 is 0 Å². The second-order valence-corrected chi connectivity index (χ2v) is 3.93. The van der Waals surface area contributed by atoms with Crippen LogP contribution in [0, 0.1) is 0 Å². The van der Waals surface area contributed by atoms with Gasteiger partial charge in [0.25, 0.3) is 0 Å². The minimum absolute atomic E-state index is 0.453. The lowest BCUT2D eigenvalue weighted by molar-refractivity contribution is 0.182. The molecule has 0 spiro atoms. The SMILES string of the molecule is CCOc1cccc(CN)c1OCCCCOC. The topological polar surface area (TPSA) is 53.7 Å². The first-order chi connectivity index (χ1) is 8.83. The van der Waals surface area contributed by atoms with Gasteiger partial charge in [-0.1, -0.05) is 12.1 Å². The maximum absolute atomic E-state index is 5.80. The van der Waals surface area contributed by atoms with Gasteiger partial charge in [0.15, 0.2) is 11.5 Å². The summed E-state index contributed by atoms with van der Waals surface area (Å²) in [6.45, 7) is 4.44. The maximum atomic E-state index is 5.80. The fraction of sp³-hybridized carbons (Fsp3) is 0.571. The van der Waals surface area contributed by atoms with E-state index in [2.05, 4.69) is 0 Å². The number of unbranched alkanes of at least 4 members (excludes halogenated alkanes) is 1. The Hall–Kier alpha value is -1.26. The number of rotatable bonds is 9. The molecule has 0 saturated heterocycles. The third kappa shape index (κ3) is 4.55. The van der Waals surface area contributed by atoms with Crippen LogP contribution in [0.3, 0.4) is 0 Å². The predicted molar refractivity (Wildman–Crippen MR) is 72.1 cm³/mol. The van der Waals surface area contributed by atoms with Gasteiger partial charge in [0.05, 0.1) is 13.2 Å². The summed E-state index contributed by atoms with van der Waals surface area (Å²) >= 11 is 0. The molecule has 1 aromatic carbocycles. The van der Waals surface area contributed by atoms with Crippen molar-refractivity contribution in [2.45, 2.75) is 26.3 Å². The van der Waals surface area contributed by atoms with E-state index in [4.69, 9.17) is 19.9 Å². The molecule has 0 radical (unpaired) electrons. The van der Waals surface area contributed by atoms with Gasteiger partial charge in [0.1, 0.15) is 0 Å². The van der Waals surface area contributed by atoms with Crippen LogP contribution in [-0.2, 0) is 11.3 Å². The summed E-state index contributed by atoms with van der Waals surface area (Å²) in [7, 11) is 1.71. The summed E-state index contributed by atoms with van der Waals surface area (Å²) < 4.78 is 16.4. The molecule has 1 aromatic rings. The number of ether oxygens (including phenoxy) is 3. The van der Waals surface area contributed by atoms with Gasteiger partial charge in [-0.2, -0.15) is 0 Å². The highest BCUT2D eigenvalue weighted by Crippen LogP contribution is 2.31. The lowest BCUT2D eigenvalue weighted by Crippen LogP contribution is -2.07. The van der Waals surface area contributed by atoms with Gasteiger partial charge < -0.3 is 19.9 Å². The molecule has 0 fully saturated rings. The molecule has 0 aliphatic heterocycles. The highest BCUT2D eigenvalue weighted by molar-refractivity contribution is 5.46. The molecular formula is C14H23NO3. The summed E-state index contributed by atoms with van der Waals surface area (Å²) in [6, 6.07) is 5.81. The van der Waals surface area contributed by atoms with Crippen molar-refractivity contribution in [3.8, 4) is 11.5 Å². The Bertz CT molecular complexity index is 342. The van der Waals surface area contributed by atoms with Crippen molar-refractivity contribution in [1.29, 1.82) is 0 Å². The molecule has 0 aliphatic rings. The van der Waals surface area contributed by atoms with Crippen LogP contribution < -0.4 is 15.2 Å². The number of para-hydroxylation sites is 1. The van der Waals surface area contributed by atoms with Crippen LogP contribution in [0.5, 0.6) is 11.5 Å². The minimum Gasteiger partial charge on any atom is -0.490 e. The average molecular weight is 253 g/mol. The van der Waals surface area contributed by atoms with Crippen molar-refractivity contribution >= 4 is 0 Å². The largest absolute Gasteiger partial charge is 0.490 e. The van der Waals surface area contributed by atoms with Gasteiger partial charge in [0.2, 0.25) is 0 Å². The summed E-state index contributed by atoms with van der Waals surface area (Å²) in [4.78, 5) is 0. The van der Waals surface area contributed by atoms with Gasteiger partial charge in [-0.15, -0.1) is 0 Å². The molecular weight excluding hydrogens is 230 g/mol. The van der Waals surface area contributed by atoms with Crippen LogP contribution in [0.4, 0.5) is 0 Å². The van der Waals surface area contributed by atoms with E-state index in [1.54, 1.807) is 7.11 Å². The Morgan fingerprint density at radius 3 is 2.56 bits per heavy atom. The molecule has 2 N–H and O–H groups in total. The van der Waals surface area contributed by atoms with E-state index in [1.807, 2.05) is 25.1 Å². The second kappa shape index (κ2) is 8.78. The fourth-order valence-corrected chi connectivity index (χ4v) is 1.68. The Morgan fingerprint density at radius 1 is 1.11 bits per heavy atom. The maximum Gasteiger partial charge on any atom is 0.165 e. The predicted octanol–water partition coefficient (Wildman–Crippen LogP) is 2.35. The first-order valence-corrected chi connectivity index (χ1v) is 6.40. The number of hydrogen-bond donors (Lipinski definition) is 1. The molecule has 1 rings (SSSR count). The van der Waals surface area contributed by atoms with Gasteiger partial charge in [0, 0.05) is 25.8 Å². The number of nitrogens with two attached hydrogens (primary N) is 1. The molecule has 0 saturated carbocycles. The van der Waals surface area contributed by atoms with E-state index in [0.717, 1.165) is 36.5 Å². The highest BCUT2D eigenvalue weighted by atomic mass is 16.5. The van der Waals surface area contributed by atoms with Crippen LogP contribution in [0.15, 0.2) is 18.2 Å². The Balaban J connectivity index is 2.60. The summed E-state index contributed by atoms with van der Waals surface area (Å²) in [5.74, 6) is 1.55. The van der Waals surface area contributed by atoms with Crippen molar-refractivity contribution in [2.24, 2.45) is 5.73 Å². The Kier molecular flexibility index (Phi) is 7.22. The van der Waals surface area contributed by atoms with Gasteiger partial charge >= 0.3 is 0 Å². The number of hydrogen-bond acceptors (Lipinski definition) is 4. The molecule has 4 nitrogen and oxygen atoms in total. The van der Waals surface area contributed by atoms with Crippen LogP contribution in [0.2, 0.25) is 0 Å². The molecule has 18 heavy (non-hydrogen) atoms. The standard InChI is InChI=1S/C14H23NO3/c1-3-17-13-8-6-7-12(11-15)14(13)18-10-5-4-9-16-2/h6-8H,3-5,9-11,15H2,1-2H3. The second-order valence-electron chi connectivity index (χ2n) is 3.93. The van der Waals surface area contributed by atoms with E-state index in [-0.39, 0.29) is 0 Å². The lowest BCUT2D eigenvalue weighted by Gasteiger charge is -2.15. The van der Waals surface area contributed by atoms with Crippen LogP contribution in [-0.4, -0.2) is 26.9 Å².